The van der Waals surface area contributed by atoms with Crippen LogP contribution in [0.3, 0.4) is 0 Å². The number of amides is 1. The molecule has 0 bridgehead atoms. The fourth-order valence-electron chi connectivity index (χ4n) is 3.12. The van der Waals surface area contributed by atoms with Gasteiger partial charge in [0, 0.05) is 0 Å². The van der Waals surface area contributed by atoms with Crippen molar-refractivity contribution >= 4 is 51.9 Å². The second-order valence-corrected chi connectivity index (χ2v) is 8.49. The molecule has 0 atom stereocenters. The maximum Gasteiger partial charge on any atom is 0.344 e. The average molecular weight is 458 g/mol. The second kappa shape index (κ2) is 9.98. The summed E-state index contributed by atoms with van der Waals surface area (Å²) in [6.45, 7) is 5.74. The zero-order valence-electron chi connectivity index (χ0n) is 17.8. The highest BCUT2D eigenvalue weighted by Gasteiger charge is 2.34. The topological polar surface area (TPSA) is 65.1 Å². The molecule has 0 aliphatic carbocycles. The highest BCUT2D eigenvalue weighted by atomic mass is 32.2. The van der Waals surface area contributed by atoms with Crippen LogP contribution in [0.5, 0.6) is 11.5 Å². The third-order valence-electron chi connectivity index (χ3n) is 4.52. The van der Waals surface area contributed by atoms with E-state index in [1.165, 1.54) is 18.9 Å². The van der Waals surface area contributed by atoms with Crippen molar-refractivity contribution in [2.75, 3.05) is 25.2 Å². The Kier molecular flexibility index (Phi) is 7.35. The molecule has 0 unspecified atom stereocenters. The number of esters is 1. The third kappa shape index (κ3) is 5.26. The molecule has 1 saturated heterocycles. The van der Waals surface area contributed by atoms with Crippen LogP contribution in [-0.4, -0.2) is 36.5 Å². The largest absolute Gasteiger partial charge is 0.493 e. The van der Waals surface area contributed by atoms with Crippen molar-refractivity contribution in [2.24, 2.45) is 0 Å². The molecule has 162 valence electrons. The molecule has 2 aromatic rings. The molecule has 6 nitrogen and oxygen atoms in total. The number of rotatable bonds is 7. The molecule has 0 radical (unpaired) electrons. The molecule has 0 spiro atoms. The van der Waals surface area contributed by atoms with Crippen LogP contribution >= 0.6 is 24.0 Å². The Labute approximate surface area is 191 Å². The minimum absolute atomic E-state index is 0.174. The molecule has 8 heteroatoms. The van der Waals surface area contributed by atoms with E-state index in [1.54, 1.807) is 36.1 Å². The third-order valence-corrected chi connectivity index (χ3v) is 5.83. The highest BCUT2D eigenvalue weighted by Crippen LogP contribution is 2.38. The summed E-state index contributed by atoms with van der Waals surface area (Å²) in [5, 5.41) is 0. The van der Waals surface area contributed by atoms with Gasteiger partial charge in [-0.05, 0) is 56.2 Å². The van der Waals surface area contributed by atoms with E-state index >= 15 is 0 Å². The maximum absolute atomic E-state index is 13.1. The lowest BCUT2D eigenvalue weighted by Crippen LogP contribution is -2.28. The van der Waals surface area contributed by atoms with Gasteiger partial charge in [0.05, 0.1) is 24.3 Å². The van der Waals surface area contributed by atoms with Crippen molar-refractivity contribution in [1.82, 2.24) is 0 Å². The van der Waals surface area contributed by atoms with Crippen LogP contribution in [0.2, 0.25) is 0 Å². The Bertz CT molecular complexity index is 1060. The number of thioether (sulfide) groups is 1. The minimum Gasteiger partial charge on any atom is -0.493 e. The normalized spacial score (nSPS) is 14.8. The van der Waals surface area contributed by atoms with E-state index in [4.69, 9.17) is 26.4 Å². The summed E-state index contributed by atoms with van der Waals surface area (Å²) < 4.78 is 16.2. The van der Waals surface area contributed by atoms with Gasteiger partial charge < -0.3 is 14.2 Å². The molecule has 1 fully saturated rings. The molecular formula is C23H23NO5S2. The van der Waals surface area contributed by atoms with Crippen LogP contribution in [0.15, 0.2) is 41.3 Å². The Morgan fingerprint density at radius 1 is 1.16 bits per heavy atom. The SMILES string of the molecule is CCOC(=O)COc1cc(/C=C2/SC(=S)N(c3ccc(C)cc3C)C2=O)ccc1OC. The predicted molar refractivity (Wildman–Crippen MR) is 127 cm³/mol. The van der Waals surface area contributed by atoms with E-state index < -0.39 is 5.97 Å². The first-order valence-corrected chi connectivity index (χ1v) is 10.9. The molecular weight excluding hydrogens is 434 g/mol. The van der Waals surface area contributed by atoms with E-state index in [-0.39, 0.29) is 19.1 Å². The number of thiocarbonyl (C=S) groups is 1. The van der Waals surface area contributed by atoms with Crippen LogP contribution in [-0.2, 0) is 14.3 Å². The van der Waals surface area contributed by atoms with Crippen molar-refractivity contribution in [3.05, 3.63) is 58.0 Å². The molecule has 31 heavy (non-hydrogen) atoms. The maximum atomic E-state index is 13.1. The number of hydrogen-bond acceptors (Lipinski definition) is 7. The Balaban J connectivity index is 1.86. The van der Waals surface area contributed by atoms with Gasteiger partial charge >= 0.3 is 5.97 Å². The summed E-state index contributed by atoms with van der Waals surface area (Å²) in [4.78, 5) is 26.8. The van der Waals surface area contributed by atoms with Gasteiger partial charge in [0.25, 0.3) is 5.91 Å². The molecule has 2 aromatic carbocycles. The highest BCUT2D eigenvalue weighted by molar-refractivity contribution is 8.27. The number of nitrogens with zero attached hydrogens (tertiary/aromatic N) is 1. The Hall–Kier alpha value is -2.84. The number of benzene rings is 2. The van der Waals surface area contributed by atoms with Crippen LogP contribution in [0.25, 0.3) is 6.08 Å². The number of carbonyl (C=O) groups is 2. The summed E-state index contributed by atoms with van der Waals surface area (Å²) in [5.41, 5.74) is 3.61. The fraction of sp³-hybridized carbons (Fsp3) is 0.261. The zero-order chi connectivity index (χ0) is 22.5. The van der Waals surface area contributed by atoms with Gasteiger partial charge in [-0.1, -0.05) is 47.7 Å². The van der Waals surface area contributed by atoms with E-state index in [9.17, 15) is 9.59 Å². The van der Waals surface area contributed by atoms with E-state index in [2.05, 4.69) is 0 Å². The lowest BCUT2D eigenvalue weighted by atomic mass is 10.1. The Morgan fingerprint density at radius 3 is 2.61 bits per heavy atom. The van der Waals surface area contributed by atoms with Crippen molar-refractivity contribution in [3.63, 3.8) is 0 Å². The van der Waals surface area contributed by atoms with E-state index in [0.29, 0.717) is 20.7 Å². The van der Waals surface area contributed by atoms with Gasteiger partial charge in [0.15, 0.2) is 22.4 Å². The van der Waals surface area contributed by atoms with Crippen LogP contribution in [0.4, 0.5) is 5.69 Å². The van der Waals surface area contributed by atoms with Gasteiger partial charge in [-0.25, -0.2) is 4.79 Å². The molecule has 1 aliphatic heterocycles. The molecule has 0 N–H and O–H groups in total. The van der Waals surface area contributed by atoms with Crippen molar-refractivity contribution < 1.29 is 23.8 Å². The Morgan fingerprint density at radius 2 is 1.94 bits per heavy atom. The summed E-state index contributed by atoms with van der Waals surface area (Å²) in [6.07, 6.45) is 1.75. The summed E-state index contributed by atoms with van der Waals surface area (Å²) in [5.74, 6) is 0.217. The van der Waals surface area contributed by atoms with E-state index in [0.717, 1.165) is 22.4 Å². The van der Waals surface area contributed by atoms with E-state index in [1.807, 2.05) is 32.0 Å². The summed E-state index contributed by atoms with van der Waals surface area (Å²) in [7, 11) is 1.52. The average Bonchev–Trinajstić information content (AvgIpc) is 3.00. The van der Waals surface area contributed by atoms with Gasteiger partial charge in [0.1, 0.15) is 0 Å². The van der Waals surface area contributed by atoms with Crippen molar-refractivity contribution in [2.45, 2.75) is 20.8 Å². The lowest BCUT2D eigenvalue weighted by Gasteiger charge is -2.17. The smallest absolute Gasteiger partial charge is 0.344 e. The van der Waals surface area contributed by atoms with Crippen molar-refractivity contribution in [3.8, 4) is 11.5 Å². The monoisotopic (exact) mass is 457 g/mol. The predicted octanol–water partition coefficient (Wildman–Crippen LogP) is 4.66. The number of ether oxygens (including phenoxy) is 3. The number of carbonyl (C=O) groups excluding carboxylic acids is 2. The quantitative estimate of drug-likeness (QED) is 0.340. The second-order valence-electron chi connectivity index (χ2n) is 6.81. The first-order chi connectivity index (χ1) is 14.8. The number of anilines is 1. The van der Waals surface area contributed by atoms with Gasteiger partial charge in [-0.3, -0.25) is 9.69 Å². The minimum atomic E-state index is -0.468. The van der Waals surface area contributed by atoms with Gasteiger partial charge in [-0.2, -0.15) is 0 Å². The first-order valence-electron chi connectivity index (χ1n) is 9.65. The molecule has 1 amide bonds. The molecule has 3 rings (SSSR count). The van der Waals surface area contributed by atoms with Crippen LogP contribution in [0.1, 0.15) is 23.6 Å². The number of aryl methyl sites for hydroxylation is 2. The standard InChI is InChI=1S/C23H23NO5S2/c1-5-28-21(25)13-29-19-11-16(7-9-18(19)27-4)12-20-22(26)24(23(30)31-20)17-8-6-14(2)10-15(17)3/h6-12H,5,13H2,1-4H3/b20-12+. The zero-order valence-corrected chi connectivity index (χ0v) is 19.4. The van der Waals surface area contributed by atoms with Gasteiger partial charge in [0.2, 0.25) is 0 Å². The van der Waals surface area contributed by atoms with Crippen molar-refractivity contribution in [1.29, 1.82) is 0 Å². The lowest BCUT2D eigenvalue weighted by molar-refractivity contribution is -0.145. The molecule has 1 aliphatic rings. The molecule has 1 heterocycles. The fourth-order valence-corrected chi connectivity index (χ4v) is 4.40. The molecule has 0 saturated carbocycles. The summed E-state index contributed by atoms with van der Waals surface area (Å²) in [6, 6.07) is 11.1. The van der Waals surface area contributed by atoms with Gasteiger partial charge in [-0.15, -0.1) is 0 Å². The molecule has 0 aromatic heterocycles. The summed E-state index contributed by atoms with van der Waals surface area (Å²) >= 11 is 6.72. The number of methoxy groups -OCH3 is 1. The van der Waals surface area contributed by atoms with Crippen LogP contribution in [0, 0.1) is 13.8 Å². The first kappa shape index (κ1) is 22.8. The number of hydrogen-bond donors (Lipinski definition) is 0. The van der Waals surface area contributed by atoms with Crippen LogP contribution < -0.4 is 14.4 Å².